The highest BCUT2D eigenvalue weighted by Gasteiger charge is 2.40. The molecule has 0 radical (unpaired) electrons. The van der Waals surface area contributed by atoms with E-state index in [1.165, 1.54) is 19.3 Å². The van der Waals surface area contributed by atoms with Gasteiger partial charge in [-0.1, -0.05) is 19.3 Å². The summed E-state index contributed by atoms with van der Waals surface area (Å²) in [6, 6.07) is 0. The fraction of sp³-hybridized carbons (Fsp3) is 0.704. The van der Waals surface area contributed by atoms with Crippen LogP contribution < -0.4 is 0 Å². The molecule has 4 heterocycles. The molecule has 4 rings (SSSR count). The van der Waals surface area contributed by atoms with Crippen LogP contribution in [-0.4, -0.2) is 71.4 Å². The molecule has 0 aromatic rings. The monoisotopic (exact) mass is 518 g/mol. The van der Waals surface area contributed by atoms with Gasteiger partial charge in [-0.15, -0.1) is 0 Å². The zero-order valence-electron chi connectivity index (χ0n) is 22.2. The summed E-state index contributed by atoms with van der Waals surface area (Å²) >= 11 is 0. The highest BCUT2D eigenvalue weighted by atomic mass is 16.7. The third kappa shape index (κ3) is 7.05. The van der Waals surface area contributed by atoms with Crippen molar-refractivity contribution in [3.05, 3.63) is 23.5 Å². The molecule has 0 aromatic carbocycles. The molecule has 0 spiro atoms. The summed E-state index contributed by atoms with van der Waals surface area (Å²) in [4.78, 5) is 52.6. The third-order valence-corrected chi connectivity index (χ3v) is 7.38. The number of esters is 4. The Hall–Kier alpha value is -3.04. The Labute approximate surface area is 217 Å². The average Bonchev–Trinajstić information content (AvgIpc) is 2.79. The lowest BCUT2D eigenvalue weighted by molar-refractivity contribution is -0.224. The molecule has 0 amide bonds. The topological polar surface area (TPSA) is 112 Å². The molecule has 37 heavy (non-hydrogen) atoms. The van der Waals surface area contributed by atoms with Gasteiger partial charge in [0.1, 0.15) is 0 Å². The Morgan fingerprint density at radius 2 is 0.919 bits per heavy atom. The molecule has 0 saturated carbocycles. The predicted octanol–water partition coefficient (Wildman–Crippen LogP) is 3.02. The Morgan fingerprint density at radius 1 is 0.622 bits per heavy atom. The minimum atomic E-state index is -1.22. The third-order valence-electron chi connectivity index (χ3n) is 7.38. The zero-order chi connectivity index (χ0) is 26.8. The van der Waals surface area contributed by atoms with Gasteiger partial charge in [0.15, 0.2) is 11.1 Å². The van der Waals surface area contributed by atoms with Crippen LogP contribution in [0.1, 0.15) is 72.6 Å². The second-order valence-corrected chi connectivity index (χ2v) is 11.3. The Bertz CT molecular complexity index is 860. The van der Waals surface area contributed by atoms with Crippen LogP contribution in [0.4, 0.5) is 0 Å². The van der Waals surface area contributed by atoms with E-state index in [4.69, 9.17) is 18.9 Å². The van der Waals surface area contributed by atoms with Crippen molar-refractivity contribution >= 4 is 23.9 Å². The number of carbonyl (C=O) groups is 4. The van der Waals surface area contributed by atoms with Gasteiger partial charge in [-0.2, -0.15) is 0 Å². The van der Waals surface area contributed by atoms with Crippen LogP contribution in [0, 0.1) is 11.8 Å². The molecule has 10 nitrogen and oxygen atoms in total. The molecule has 4 aliphatic rings. The quantitative estimate of drug-likeness (QED) is 0.295. The molecule has 0 aliphatic carbocycles. The average molecular weight is 519 g/mol. The van der Waals surface area contributed by atoms with Crippen LogP contribution in [0.25, 0.3) is 0 Å². The molecule has 4 aliphatic heterocycles. The van der Waals surface area contributed by atoms with Crippen molar-refractivity contribution in [2.75, 3.05) is 26.2 Å². The van der Waals surface area contributed by atoms with Crippen LogP contribution in [0.3, 0.4) is 0 Å². The smallest absolute Gasteiger partial charge is 0.350 e. The van der Waals surface area contributed by atoms with E-state index in [9.17, 15) is 19.2 Å². The number of piperidine rings is 2. The van der Waals surface area contributed by atoms with Gasteiger partial charge in [0.05, 0.1) is 0 Å². The number of nitrogens with zero attached hydrogens (tertiary/aromatic N) is 2. The van der Waals surface area contributed by atoms with Crippen LogP contribution in [0.15, 0.2) is 23.5 Å². The van der Waals surface area contributed by atoms with E-state index in [0.717, 1.165) is 51.9 Å². The van der Waals surface area contributed by atoms with Crippen molar-refractivity contribution < 1.29 is 38.1 Å². The Morgan fingerprint density at radius 3 is 1.22 bits per heavy atom. The summed E-state index contributed by atoms with van der Waals surface area (Å²) in [5.41, 5.74) is -0.0817. The molecule has 0 bridgehead atoms. The first-order valence-electron chi connectivity index (χ1n) is 13.3. The normalized spacial score (nSPS) is 24.8. The lowest BCUT2D eigenvalue weighted by Crippen LogP contribution is -2.43. The summed E-state index contributed by atoms with van der Waals surface area (Å²) in [6.45, 7) is 9.36. The lowest BCUT2D eigenvalue weighted by atomic mass is 9.87. The van der Waals surface area contributed by atoms with Crippen molar-refractivity contribution in [1.29, 1.82) is 0 Å². The number of hydrogen-bond acceptors (Lipinski definition) is 10. The van der Waals surface area contributed by atoms with Gasteiger partial charge < -0.3 is 28.7 Å². The molecule has 0 atom stereocenters. The molecular formula is C27H38N2O8. The van der Waals surface area contributed by atoms with Gasteiger partial charge in [-0.05, 0) is 37.5 Å². The largest absolute Gasteiger partial charge is 0.419 e. The van der Waals surface area contributed by atoms with Crippen molar-refractivity contribution in [2.45, 2.75) is 84.2 Å². The fourth-order valence-corrected chi connectivity index (χ4v) is 5.33. The summed E-state index contributed by atoms with van der Waals surface area (Å²) < 4.78 is 20.7. The van der Waals surface area contributed by atoms with Crippen molar-refractivity contribution in [3.63, 3.8) is 0 Å². The van der Waals surface area contributed by atoms with Crippen LogP contribution in [0.2, 0.25) is 0 Å². The molecule has 4 saturated heterocycles. The zero-order valence-corrected chi connectivity index (χ0v) is 22.2. The second kappa shape index (κ2) is 10.8. The van der Waals surface area contributed by atoms with Crippen molar-refractivity contribution in [1.82, 2.24) is 9.80 Å². The first kappa shape index (κ1) is 27.0. The number of cyclic esters (lactones) is 4. The Kier molecular flexibility index (Phi) is 7.85. The van der Waals surface area contributed by atoms with E-state index in [1.54, 1.807) is 40.1 Å². The number of carbonyl (C=O) groups excluding carboxylic acids is 4. The maximum atomic E-state index is 12.2. The van der Waals surface area contributed by atoms with E-state index in [-0.39, 0.29) is 11.1 Å². The summed E-state index contributed by atoms with van der Waals surface area (Å²) in [5.74, 6) is -3.70. The number of hydrogen-bond donors (Lipinski definition) is 0. The van der Waals surface area contributed by atoms with Crippen molar-refractivity contribution in [2.24, 2.45) is 11.8 Å². The van der Waals surface area contributed by atoms with Gasteiger partial charge in [0, 0.05) is 66.3 Å². The second-order valence-electron chi connectivity index (χ2n) is 11.3. The van der Waals surface area contributed by atoms with Gasteiger partial charge >= 0.3 is 23.9 Å². The molecule has 0 unspecified atom stereocenters. The highest BCUT2D eigenvalue weighted by molar-refractivity contribution is 6.15. The van der Waals surface area contributed by atoms with E-state index < -0.39 is 35.5 Å². The van der Waals surface area contributed by atoms with Gasteiger partial charge in [0.2, 0.25) is 0 Å². The predicted molar refractivity (Wildman–Crippen MR) is 131 cm³/mol. The minimum absolute atomic E-state index is 0.0409. The van der Waals surface area contributed by atoms with Gasteiger partial charge in [-0.25, -0.2) is 19.2 Å². The van der Waals surface area contributed by atoms with Crippen LogP contribution >= 0.6 is 0 Å². The van der Waals surface area contributed by atoms with Gasteiger partial charge in [-0.3, -0.25) is 0 Å². The first-order chi connectivity index (χ1) is 17.4. The number of ether oxygens (including phenoxy) is 4. The molecule has 10 heteroatoms. The number of likely N-dealkylation sites (tertiary alicyclic amines) is 2. The molecular weight excluding hydrogens is 480 g/mol. The maximum Gasteiger partial charge on any atom is 0.350 e. The number of rotatable bonds is 6. The van der Waals surface area contributed by atoms with E-state index in [1.807, 2.05) is 9.80 Å². The summed E-state index contributed by atoms with van der Waals surface area (Å²) in [5, 5.41) is 0. The minimum Gasteiger partial charge on any atom is -0.419 e. The van der Waals surface area contributed by atoms with E-state index in [2.05, 4.69) is 0 Å². The first-order valence-corrected chi connectivity index (χ1v) is 13.3. The van der Waals surface area contributed by atoms with Crippen molar-refractivity contribution in [3.8, 4) is 0 Å². The summed E-state index contributed by atoms with van der Waals surface area (Å²) in [6.07, 6.45) is 10.8. The van der Waals surface area contributed by atoms with Crippen LogP contribution in [0.5, 0.6) is 0 Å². The lowest BCUT2D eigenvalue weighted by Gasteiger charge is -2.34. The highest BCUT2D eigenvalue weighted by Crippen LogP contribution is 2.30. The molecule has 0 N–H and O–H groups in total. The standard InChI is InChI=1S/C27H38N2O8/c1-26(2)34-22(30)20(23(31)35-26)16-28-12-8-18(9-13-28)6-5-7-19-10-14-29(15-11-19)17-21-24(32)36-27(3,4)37-25(21)33/h16-19H,5-15H2,1-4H3. The van der Waals surface area contributed by atoms with Gasteiger partial charge in [0.25, 0.3) is 11.6 Å². The van der Waals surface area contributed by atoms with Crippen LogP contribution in [-0.2, 0) is 38.1 Å². The van der Waals surface area contributed by atoms with E-state index in [0.29, 0.717) is 11.8 Å². The Balaban J connectivity index is 1.14. The van der Waals surface area contributed by atoms with E-state index >= 15 is 0 Å². The molecule has 0 aromatic heterocycles. The maximum absolute atomic E-state index is 12.2. The fourth-order valence-electron chi connectivity index (χ4n) is 5.33. The summed E-state index contributed by atoms with van der Waals surface area (Å²) in [7, 11) is 0. The molecule has 204 valence electrons. The SMILES string of the molecule is CC1(C)OC(=O)C(=CN2CCC(CCCC3CCN(C=C4C(=O)OC(C)(C)OC4=O)CC3)CC2)C(=O)O1. The molecule has 4 fully saturated rings.